The van der Waals surface area contributed by atoms with Crippen molar-refractivity contribution < 1.29 is 29.1 Å². The summed E-state index contributed by atoms with van der Waals surface area (Å²) < 4.78 is 10.9. The number of carboxylic acid groups (broad SMARTS) is 1. The maximum absolute atomic E-state index is 12.7. The SMILES string of the molecule is C[C@@H](Oc1ccc(CNC(=O)c2cccnc2Oc2cccc([N+](=O)[O-])c2)cc1)C(=O)O. The van der Waals surface area contributed by atoms with Crippen molar-refractivity contribution in [1.82, 2.24) is 10.3 Å². The minimum absolute atomic E-state index is 0.0110. The number of aliphatic carboxylic acids is 1. The maximum Gasteiger partial charge on any atom is 0.344 e. The molecule has 2 N–H and O–H groups in total. The van der Waals surface area contributed by atoms with Crippen molar-refractivity contribution >= 4 is 17.6 Å². The first kappa shape index (κ1) is 22.2. The summed E-state index contributed by atoms with van der Waals surface area (Å²) in [5.41, 5.74) is 0.780. The molecule has 10 heteroatoms. The van der Waals surface area contributed by atoms with Gasteiger partial charge < -0.3 is 19.9 Å². The Kier molecular flexibility index (Phi) is 6.96. The number of nitro groups is 1. The molecular formula is C22H19N3O7. The van der Waals surface area contributed by atoms with Gasteiger partial charge in [0.25, 0.3) is 11.6 Å². The lowest BCUT2D eigenvalue weighted by Gasteiger charge is -2.12. The molecule has 0 aliphatic carbocycles. The molecule has 0 unspecified atom stereocenters. The van der Waals surface area contributed by atoms with Crippen molar-refractivity contribution in [2.45, 2.75) is 19.6 Å². The minimum atomic E-state index is -1.07. The minimum Gasteiger partial charge on any atom is -0.479 e. The standard InChI is InChI=1S/C22H19N3O7/c1-14(22(27)28)31-17-9-7-15(8-10-17)13-24-20(26)19-6-3-11-23-21(19)32-18-5-2-4-16(12-18)25(29)30/h2-12,14H,13H2,1H3,(H,24,26)(H,27,28)/t14-/m1/s1. The number of non-ortho nitro benzene ring substituents is 1. The van der Waals surface area contributed by atoms with Crippen LogP contribution in [-0.2, 0) is 11.3 Å². The van der Waals surface area contributed by atoms with Crippen LogP contribution in [0.15, 0.2) is 66.9 Å². The number of nitrogens with zero attached hydrogens (tertiary/aromatic N) is 2. The van der Waals surface area contributed by atoms with Gasteiger partial charge in [-0.3, -0.25) is 14.9 Å². The van der Waals surface area contributed by atoms with Gasteiger partial charge in [-0.25, -0.2) is 9.78 Å². The lowest BCUT2D eigenvalue weighted by Crippen LogP contribution is -2.24. The quantitative estimate of drug-likeness (QED) is 0.382. The molecular weight excluding hydrogens is 418 g/mol. The molecule has 0 saturated carbocycles. The Hall–Kier alpha value is -4.47. The van der Waals surface area contributed by atoms with Crippen LogP contribution in [0, 0.1) is 10.1 Å². The summed E-state index contributed by atoms with van der Waals surface area (Å²) in [4.78, 5) is 38.0. The van der Waals surface area contributed by atoms with E-state index in [1.807, 2.05) is 0 Å². The fraction of sp³-hybridized carbons (Fsp3) is 0.136. The van der Waals surface area contributed by atoms with Gasteiger partial charge in [0.1, 0.15) is 17.1 Å². The van der Waals surface area contributed by atoms with Crippen molar-refractivity contribution in [2.24, 2.45) is 0 Å². The molecule has 164 valence electrons. The van der Waals surface area contributed by atoms with Gasteiger partial charge in [-0.05, 0) is 42.8 Å². The van der Waals surface area contributed by atoms with Crippen molar-refractivity contribution in [3.05, 3.63) is 88.1 Å². The van der Waals surface area contributed by atoms with E-state index in [9.17, 15) is 19.7 Å². The predicted molar refractivity (Wildman–Crippen MR) is 113 cm³/mol. The summed E-state index contributed by atoms with van der Waals surface area (Å²) in [6.07, 6.45) is 0.468. The third kappa shape index (κ3) is 5.79. The molecule has 1 atom stereocenters. The molecule has 2 aromatic carbocycles. The van der Waals surface area contributed by atoms with E-state index in [1.54, 1.807) is 30.3 Å². The molecule has 1 aromatic heterocycles. The zero-order valence-electron chi connectivity index (χ0n) is 16.9. The molecule has 3 rings (SSSR count). The van der Waals surface area contributed by atoms with Crippen molar-refractivity contribution in [3.63, 3.8) is 0 Å². The fourth-order valence-corrected chi connectivity index (χ4v) is 2.64. The highest BCUT2D eigenvalue weighted by Gasteiger charge is 2.16. The molecule has 1 amide bonds. The average molecular weight is 437 g/mol. The highest BCUT2D eigenvalue weighted by atomic mass is 16.6. The van der Waals surface area contributed by atoms with Crippen LogP contribution < -0.4 is 14.8 Å². The van der Waals surface area contributed by atoms with E-state index in [0.29, 0.717) is 5.75 Å². The third-order valence-electron chi connectivity index (χ3n) is 4.30. The van der Waals surface area contributed by atoms with E-state index >= 15 is 0 Å². The summed E-state index contributed by atoms with van der Waals surface area (Å²) in [6.45, 7) is 1.62. The van der Waals surface area contributed by atoms with Gasteiger partial charge in [0.15, 0.2) is 6.10 Å². The largest absolute Gasteiger partial charge is 0.479 e. The number of pyridine rings is 1. The second-order valence-corrected chi connectivity index (χ2v) is 6.64. The van der Waals surface area contributed by atoms with Crippen LogP contribution in [0.3, 0.4) is 0 Å². The summed E-state index contributed by atoms with van der Waals surface area (Å²) in [5.74, 6) is -0.927. The molecule has 0 aliphatic rings. The second-order valence-electron chi connectivity index (χ2n) is 6.64. The van der Waals surface area contributed by atoms with Gasteiger partial charge in [0.05, 0.1) is 11.0 Å². The van der Waals surface area contributed by atoms with Crippen molar-refractivity contribution in [2.75, 3.05) is 0 Å². The highest BCUT2D eigenvalue weighted by Crippen LogP contribution is 2.26. The van der Waals surface area contributed by atoms with E-state index < -0.39 is 22.9 Å². The number of rotatable bonds is 9. The smallest absolute Gasteiger partial charge is 0.344 e. The molecule has 0 fully saturated rings. The van der Waals surface area contributed by atoms with Gasteiger partial charge in [-0.1, -0.05) is 18.2 Å². The number of amides is 1. The maximum atomic E-state index is 12.7. The van der Waals surface area contributed by atoms with Gasteiger partial charge in [-0.2, -0.15) is 0 Å². The number of benzene rings is 2. The Labute approximate surface area is 182 Å². The number of carbonyl (C=O) groups excluding carboxylic acids is 1. The normalized spacial score (nSPS) is 11.3. The van der Waals surface area contributed by atoms with Gasteiger partial charge >= 0.3 is 5.97 Å². The van der Waals surface area contributed by atoms with Crippen LogP contribution in [0.1, 0.15) is 22.8 Å². The molecule has 0 bridgehead atoms. The number of hydrogen-bond donors (Lipinski definition) is 2. The van der Waals surface area contributed by atoms with Gasteiger partial charge in [0.2, 0.25) is 5.88 Å². The monoisotopic (exact) mass is 437 g/mol. The lowest BCUT2D eigenvalue weighted by atomic mass is 10.2. The third-order valence-corrected chi connectivity index (χ3v) is 4.30. The van der Waals surface area contributed by atoms with Crippen LogP contribution in [-0.4, -0.2) is 33.0 Å². The Morgan fingerprint density at radius 3 is 2.56 bits per heavy atom. The number of carboxylic acids is 1. The number of aromatic nitrogens is 1. The zero-order chi connectivity index (χ0) is 23.1. The summed E-state index contributed by atoms with van der Waals surface area (Å²) in [7, 11) is 0. The summed E-state index contributed by atoms with van der Waals surface area (Å²) in [5, 5.41) is 22.6. The zero-order valence-corrected chi connectivity index (χ0v) is 16.9. The van der Waals surface area contributed by atoms with E-state index in [-0.39, 0.29) is 29.4 Å². The van der Waals surface area contributed by atoms with Gasteiger partial charge in [0, 0.05) is 18.8 Å². The number of hydrogen-bond acceptors (Lipinski definition) is 7. The Bertz CT molecular complexity index is 1130. The fourth-order valence-electron chi connectivity index (χ4n) is 2.64. The van der Waals surface area contributed by atoms with Crippen LogP contribution in [0.2, 0.25) is 0 Å². The molecule has 1 heterocycles. The van der Waals surface area contributed by atoms with Crippen LogP contribution in [0.25, 0.3) is 0 Å². The van der Waals surface area contributed by atoms with Crippen molar-refractivity contribution in [1.29, 1.82) is 0 Å². The summed E-state index contributed by atoms with van der Waals surface area (Å²) in [6, 6.07) is 15.3. The topological polar surface area (TPSA) is 141 Å². The highest BCUT2D eigenvalue weighted by molar-refractivity contribution is 5.96. The first-order valence-corrected chi connectivity index (χ1v) is 9.47. The Morgan fingerprint density at radius 1 is 1.12 bits per heavy atom. The number of carbonyl (C=O) groups is 2. The van der Waals surface area contributed by atoms with E-state index in [0.717, 1.165) is 5.56 Å². The molecule has 0 radical (unpaired) electrons. The van der Waals surface area contributed by atoms with E-state index in [1.165, 1.54) is 43.5 Å². The van der Waals surface area contributed by atoms with Gasteiger partial charge in [-0.15, -0.1) is 0 Å². The van der Waals surface area contributed by atoms with Crippen LogP contribution in [0.5, 0.6) is 17.4 Å². The second kappa shape index (κ2) is 10.0. The van der Waals surface area contributed by atoms with E-state index in [2.05, 4.69) is 10.3 Å². The average Bonchev–Trinajstić information content (AvgIpc) is 2.79. The molecule has 0 spiro atoms. The van der Waals surface area contributed by atoms with E-state index in [4.69, 9.17) is 14.6 Å². The number of ether oxygens (including phenoxy) is 2. The molecule has 10 nitrogen and oxygen atoms in total. The summed E-state index contributed by atoms with van der Waals surface area (Å²) >= 11 is 0. The lowest BCUT2D eigenvalue weighted by molar-refractivity contribution is -0.384. The number of nitro benzene ring substituents is 1. The first-order valence-electron chi connectivity index (χ1n) is 9.47. The molecule has 3 aromatic rings. The first-order chi connectivity index (χ1) is 15.3. The Morgan fingerprint density at radius 2 is 1.88 bits per heavy atom. The molecule has 32 heavy (non-hydrogen) atoms. The Balaban J connectivity index is 1.65. The van der Waals surface area contributed by atoms with Crippen LogP contribution in [0.4, 0.5) is 5.69 Å². The predicted octanol–water partition coefficient (Wildman–Crippen LogP) is 3.56. The van der Waals surface area contributed by atoms with Crippen LogP contribution >= 0.6 is 0 Å². The molecule has 0 saturated heterocycles. The molecule has 0 aliphatic heterocycles. The van der Waals surface area contributed by atoms with Crippen molar-refractivity contribution in [3.8, 4) is 17.4 Å². The number of nitrogens with one attached hydrogen (secondary N) is 1.